The van der Waals surface area contributed by atoms with E-state index in [4.69, 9.17) is 4.74 Å². The zero-order chi connectivity index (χ0) is 12.8. The van der Waals surface area contributed by atoms with Crippen LogP contribution in [0.25, 0.3) is 0 Å². The highest BCUT2D eigenvalue weighted by atomic mass is 32.2. The van der Waals surface area contributed by atoms with Crippen molar-refractivity contribution in [1.82, 2.24) is 10.2 Å². The minimum atomic E-state index is 0.282. The molecule has 0 spiro atoms. The lowest BCUT2D eigenvalue weighted by atomic mass is 10.1. The summed E-state index contributed by atoms with van der Waals surface area (Å²) in [6, 6.07) is 0.331. The molecule has 2 saturated heterocycles. The molecule has 2 atom stereocenters. The van der Waals surface area contributed by atoms with Crippen molar-refractivity contribution in [3.05, 3.63) is 0 Å². The quantitative estimate of drug-likeness (QED) is 0.832. The Morgan fingerprint density at radius 2 is 2.39 bits per heavy atom. The van der Waals surface area contributed by atoms with Crippen molar-refractivity contribution in [2.75, 3.05) is 37.7 Å². The Hall–Kier alpha value is -0.260. The van der Waals surface area contributed by atoms with Crippen molar-refractivity contribution in [1.29, 1.82) is 0 Å². The summed E-state index contributed by atoms with van der Waals surface area (Å²) in [6.45, 7) is 5.70. The number of nitrogens with one attached hydrogen (secondary N) is 1. The van der Waals surface area contributed by atoms with Crippen molar-refractivity contribution >= 4 is 17.7 Å². The molecule has 2 aliphatic rings. The Labute approximate surface area is 114 Å². The van der Waals surface area contributed by atoms with Crippen LogP contribution < -0.4 is 5.32 Å². The highest BCUT2D eigenvalue weighted by molar-refractivity contribution is 7.99. The Morgan fingerprint density at radius 3 is 3.11 bits per heavy atom. The molecule has 1 amide bonds. The Kier molecular flexibility index (Phi) is 5.79. The first-order chi connectivity index (χ1) is 8.77. The van der Waals surface area contributed by atoms with E-state index in [2.05, 4.69) is 12.2 Å². The van der Waals surface area contributed by atoms with Crippen LogP contribution in [0.15, 0.2) is 0 Å². The second-order valence-corrected chi connectivity index (χ2v) is 6.17. The summed E-state index contributed by atoms with van der Waals surface area (Å²) >= 11 is 1.73. The molecular weight excluding hydrogens is 248 g/mol. The second-order valence-electron chi connectivity index (χ2n) is 5.14. The number of thioether (sulfide) groups is 1. The van der Waals surface area contributed by atoms with Gasteiger partial charge in [0.15, 0.2) is 0 Å². The van der Waals surface area contributed by atoms with Gasteiger partial charge in [0.05, 0.1) is 11.9 Å². The first-order valence-electron chi connectivity index (χ1n) is 6.97. The molecule has 2 unspecified atom stereocenters. The Balaban J connectivity index is 1.64. The van der Waals surface area contributed by atoms with E-state index in [1.54, 1.807) is 11.8 Å². The maximum atomic E-state index is 12.1. The molecule has 0 aromatic heterocycles. The monoisotopic (exact) mass is 272 g/mol. The highest BCUT2D eigenvalue weighted by Crippen LogP contribution is 2.17. The fraction of sp³-hybridized carbons (Fsp3) is 0.923. The Morgan fingerprint density at radius 1 is 1.50 bits per heavy atom. The number of hydrogen-bond donors (Lipinski definition) is 1. The standard InChI is InChI=1S/C13H24N2O2S/c1-11-8-14-5-6-15(11)13(16)10-18-9-12-4-2-3-7-17-12/h11-12,14H,2-10H2,1H3. The van der Waals surface area contributed by atoms with E-state index >= 15 is 0 Å². The minimum absolute atomic E-state index is 0.282. The van der Waals surface area contributed by atoms with Crippen LogP contribution in [0, 0.1) is 0 Å². The summed E-state index contributed by atoms with van der Waals surface area (Å²) in [4.78, 5) is 14.1. The van der Waals surface area contributed by atoms with E-state index in [9.17, 15) is 4.79 Å². The van der Waals surface area contributed by atoms with Crippen LogP contribution >= 0.6 is 11.8 Å². The van der Waals surface area contributed by atoms with E-state index in [-0.39, 0.29) is 5.91 Å². The maximum Gasteiger partial charge on any atom is 0.232 e. The number of amides is 1. The van der Waals surface area contributed by atoms with Gasteiger partial charge in [0.25, 0.3) is 0 Å². The maximum absolute atomic E-state index is 12.1. The number of nitrogens with zero attached hydrogens (tertiary/aromatic N) is 1. The van der Waals surface area contributed by atoms with Crippen LogP contribution in [0.2, 0.25) is 0 Å². The van der Waals surface area contributed by atoms with Gasteiger partial charge < -0.3 is 15.0 Å². The Bertz CT molecular complexity index is 270. The van der Waals surface area contributed by atoms with E-state index in [1.807, 2.05) is 4.90 Å². The SMILES string of the molecule is CC1CNCCN1C(=O)CSCC1CCCCO1. The van der Waals surface area contributed by atoms with Crippen LogP contribution in [0.1, 0.15) is 26.2 Å². The molecule has 2 heterocycles. The molecule has 4 nitrogen and oxygen atoms in total. The summed E-state index contributed by atoms with van der Waals surface area (Å²) in [5.74, 6) is 1.85. The summed E-state index contributed by atoms with van der Waals surface area (Å²) in [5, 5.41) is 3.31. The van der Waals surface area contributed by atoms with Gasteiger partial charge in [-0.05, 0) is 26.2 Å². The molecule has 18 heavy (non-hydrogen) atoms. The summed E-state index contributed by atoms with van der Waals surface area (Å²) in [7, 11) is 0. The largest absolute Gasteiger partial charge is 0.377 e. The third-order valence-electron chi connectivity index (χ3n) is 3.62. The topological polar surface area (TPSA) is 41.6 Å². The zero-order valence-corrected chi connectivity index (χ0v) is 12.0. The fourth-order valence-electron chi connectivity index (χ4n) is 2.51. The van der Waals surface area contributed by atoms with E-state index in [0.29, 0.717) is 17.9 Å². The van der Waals surface area contributed by atoms with Crippen LogP contribution in [-0.4, -0.2) is 60.7 Å². The number of carbonyl (C=O) groups is 1. The number of rotatable bonds is 4. The van der Waals surface area contributed by atoms with Crippen LogP contribution in [0.4, 0.5) is 0 Å². The van der Waals surface area contributed by atoms with Gasteiger partial charge in [-0.25, -0.2) is 0 Å². The lowest BCUT2D eigenvalue weighted by Crippen LogP contribution is -2.52. The lowest BCUT2D eigenvalue weighted by Gasteiger charge is -2.34. The van der Waals surface area contributed by atoms with Gasteiger partial charge in [-0.3, -0.25) is 4.79 Å². The third kappa shape index (κ3) is 4.14. The first kappa shape index (κ1) is 14.2. The van der Waals surface area contributed by atoms with Gasteiger partial charge >= 0.3 is 0 Å². The molecule has 104 valence electrons. The van der Waals surface area contributed by atoms with Crippen LogP contribution in [-0.2, 0) is 9.53 Å². The van der Waals surface area contributed by atoms with E-state index < -0.39 is 0 Å². The summed E-state index contributed by atoms with van der Waals surface area (Å²) in [6.07, 6.45) is 3.99. The highest BCUT2D eigenvalue weighted by Gasteiger charge is 2.23. The van der Waals surface area contributed by atoms with Gasteiger partial charge in [0.1, 0.15) is 0 Å². The van der Waals surface area contributed by atoms with E-state index in [1.165, 1.54) is 12.8 Å². The van der Waals surface area contributed by atoms with Gasteiger partial charge in [-0.15, -0.1) is 11.8 Å². The van der Waals surface area contributed by atoms with Crippen LogP contribution in [0.3, 0.4) is 0 Å². The van der Waals surface area contributed by atoms with Crippen molar-refractivity contribution in [3.63, 3.8) is 0 Å². The molecular formula is C13H24N2O2S. The van der Waals surface area contributed by atoms with Crippen LogP contribution in [0.5, 0.6) is 0 Å². The number of hydrogen-bond acceptors (Lipinski definition) is 4. The molecule has 0 saturated carbocycles. The van der Waals surface area contributed by atoms with Crippen molar-refractivity contribution in [2.45, 2.75) is 38.3 Å². The number of ether oxygens (including phenoxy) is 1. The lowest BCUT2D eigenvalue weighted by molar-refractivity contribution is -0.131. The molecule has 0 radical (unpaired) electrons. The third-order valence-corrected chi connectivity index (χ3v) is 4.68. The molecule has 0 aromatic carbocycles. The molecule has 1 N–H and O–H groups in total. The molecule has 2 rings (SSSR count). The molecule has 5 heteroatoms. The van der Waals surface area contributed by atoms with Gasteiger partial charge in [0.2, 0.25) is 5.91 Å². The fourth-order valence-corrected chi connectivity index (χ4v) is 3.50. The van der Waals surface area contributed by atoms with Gasteiger partial charge in [-0.1, -0.05) is 0 Å². The predicted octanol–water partition coefficient (Wildman–Crippen LogP) is 1.11. The van der Waals surface area contributed by atoms with Crippen molar-refractivity contribution in [3.8, 4) is 0 Å². The predicted molar refractivity (Wildman–Crippen MR) is 75.0 cm³/mol. The van der Waals surface area contributed by atoms with Gasteiger partial charge in [-0.2, -0.15) is 0 Å². The average molecular weight is 272 g/mol. The second kappa shape index (κ2) is 7.36. The molecule has 0 aliphatic carbocycles. The normalized spacial score (nSPS) is 29.3. The average Bonchev–Trinajstić information content (AvgIpc) is 2.40. The molecule has 2 aliphatic heterocycles. The minimum Gasteiger partial charge on any atom is -0.377 e. The summed E-state index contributed by atoms with van der Waals surface area (Å²) < 4.78 is 5.67. The summed E-state index contributed by atoms with van der Waals surface area (Å²) in [5.41, 5.74) is 0. The molecule has 0 aromatic rings. The molecule has 2 fully saturated rings. The number of piperazine rings is 1. The smallest absolute Gasteiger partial charge is 0.232 e. The van der Waals surface area contributed by atoms with Crippen molar-refractivity contribution < 1.29 is 9.53 Å². The molecule has 0 bridgehead atoms. The van der Waals surface area contributed by atoms with Gasteiger partial charge in [0, 0.05) is 38.0 Å². The van der Waals surface area contributed by atoms with E-state index in [0.717, 1.165) is 38.4 Å². The van der Waals surface area contributed by atoms with Crippen molar-refractivity contribution in [2.24, 2.45) is 0 Å². The first-order valence-corrected chi connectivity index (χ1v) is 8.12. The zero-order valence-electron chi connectivity index (χ0n) is 11.2. The number of carbonyl (C=O) groups excluding carboxylic acids is 1.